The number of hydrogen-bond acceptors (Lipinski definition) is 2. The van der Waals surface area contributed by atoms with E-state index in [1.165, 1.54) is 12.1 Å². The lowest BCUT2D eigenvalue weighted by Crippen LogP contribution is -2.00. The van der Waals surface area contributed by atoms with Crippen LogP contribution in [0.4, 0.5) is 10.1 Å². The fraction of sp³-hybridized carbons (Fsp3) is 0.0769. The summed E-state index contributed by atoms with van der Waals surface area (Å²) in [6, 6.07) is 11.1. The Morgan fingerprint density at radius 1 is 1.22 bits per heavy atom. The molecule has 94 valence electrons. The van der Waals surface area contributed by atoms with E-state index in [4.69, 9.17) is 17.3 Å². The van der Waals surface area contributed by atoms with Crippen molar-refractivity contribution in [3.05, 3.63) is 58.9 Å². The molecule has 0 radical (unpaired) electrons. The average Bonchev–Trinajstić information content (AvgIpc) is 2.34. The average molecular weight is 284 g/mol. The van der Waals surface area contributed by atoms with E-state index in [2.05, 4.69) is 0 Å². The van der Waals surface area contributed by atoms with Crippen molar-refractivity contribution >= 4 is 28.1 Å². The molecule has 0 aliphatic heterocycles. The van der Waals surface area contributed by atoms with Crippen LogP contribution in [-0.2, 0) is 16.6 Å². The van der Waals surface area contributed by atoms with E-state index in [1.807, 2.05) is 0 Å². The third-order valence-corrected chi connectivity index (χ3v) is 4.20. The molecule has 0 saturated carbocycles. The number of halogens is 2. The summed E-state index contributed by atoms with van der Waals surface area (Å²) in [7, 11) is -1.43. The Hall–Kier alpha value is -1.39. The third kappa shape index (κ3) is 2.89. The van der Waals surface area contributed by atoms with Crippen LogP contribution in [0.5, 0.6) is 0 Å². The number of benzene rings is 2. The number of nitrogen functional groups attached to an aromatic ring is 1. The van der Waals surface area contributed by atoms with Gasteiger partial charge in [0.05, 0.1) is 32.2 Å². The van der Waals surface area contributed by atoms with E-state index in [0.717, 1.165) is 5.56 Å². The van der Waals surface area contributed by atoms with Crippen molar-refractivity contribution in [3.8, 4) is 0 Å². The van der Waals surface area contributed by atoms with Crippen molar-refractivity contribution in [1.29, 1.82) is 0 Å². The highest BCUT2D eigenvalue weighted by Gasteiger charge is 2.10. The zero-order valence-corrected chi connectivity index (χ0v) is 11.0. The second-order valence-electron chi connectivity index (χ2n) is 3.78. The molecular formula is C13H11ClFNOS. The SMILES string of the molecule is Nc1cc(CS(=O)c2ccccc2F)ccc1Cl. The molecule has 18 heavy (non-hydrogen) atoms. The molecule has 1 unspecified atom stereocenters. The van der Waals surface area contributed by atoms with Crippen LogP contribution in [-0.4, -0.2) is 4.21 Å². The first-order chi connectivity index (χ1) is 8.58. The van der Waals surface area contributed by atoms with Gasteiger partial charge < -0.3 is 5.73 Å². The molecule has 0 amide bonds. The smallest absolute Gasteiger partial charge is 0.139 e. The molecule has 0 aliphatic rings. The molecule has 1 atom stereocenters. The molecule has 0 aromatic heterocycles. The number of rotatable bonds is 3. The lowest BCUT2D eigenvalue weighted by Gasteiger charge is -2.05. The third-order valence-electron chi connectivity index (χ3n) is 2.44. The zero-order valence-electron chi connectivity index (χ0n) is 9.40. The van der Waals surface area contributed by atoms with Gasteiger partial charge in [-0.1, -0.05) is 29.8 Å². The van der Waals surface area contributed by atoms with E-state index in [1.54, 1.807) is 30.3 Å². The molecule has 2 rings (SSSR count). The van der Waals surface area contributed by atoms with Crippen LogP contribution in [0, 0.1) is 5.82 Å². The van der Waals surface area contributed by atoms with Crippen LogP contribution in [0.15, 0.2) is 47.4 Å². The summed E-state index contributed by atoms with van der Waals surface area (Å²) in [5, 5.41) is 0.454. The molecule has 2 N–H and O–H groups in total. The van der Waals surface area contributed by atoms with Crippen molar-refractivity contribution in [3.63, 3.8) is 0 Å². The minimum Gasteiger partial charge on any atom is -0.398 e. The fourth-order valence-electron chi connectivity index (χ4n) is 1.54. The molecule has 0 bridgehead atoms. The molecule has 0 aliphatic carbocycles. The summed E-state index contributed by atoms with van der Waals surface area (Å²) in [5.74, 6) is -0.250. The van der Waals surface area contributed by atoms with E-state index in [0.29, 0.717) is 10.7 Å². The van der Waals surface area contributed by atoms with E-state index in [-0.39, 0.29) is 10.6 Å². The summed E-state index contributed by atoms with van der Waals surface area (Å²) in [4.78, 5) is 0.200. The maximum atomic E-state index is 13.4. The van der Waals surface area contributed by atoms with Crippen LogP contribution in [0.25, 0.3) is 0 Å². The van der Waals surface area contributed by atoms with E-state index >= 15 is 0 Å². The highest BCUT2D eigenvalue weighted by molar-refractivity contribution is 7.84. The maximum absolute atomic E-state index is 13.4. The first-order valence-corrected chi connectivity index (χ1v) is 6.94. The first-order valence-electron chi connectivity index (χ1n) is 5.25. The molecule has 2 nitrogen and oxygen atoms in total. The Morgan fingerprint density at radius 2 is 1.94 bits per heavy atom. The molecule has 2 aromatic carbocycles. The summed E-state index contributed by atoms with van der Waals surface area (Å²) in [5.41, 5.74) is 6.85. The van der Waals surface area contributed by atoms with Gasteiger partial charge in [-0.15, -0.1) is 0 Å². The monoisotopic (exact) mass is 283 g/mol. The molecule has 0 saturated heterocycles. The number of hydrogen-bond donors (Lipinski definition) is 1. The standard InChI is InChI=1S/C13H11ClFNOS/c14-10-6-5-9(7-12(10)16)8-18(17)13-4-2-1-3-11(13)15/h1-7H,8,16H2. The second kappa shape index (κ2) is 5.50. The van der Waals surface area contributed by atoms with Gasteiger partial charge in [0.2, 0.25) is 0 Å². The summed E-state index contributed by atoms with van der Waals surface area (Å²) >= 11 is 5.80. The van der Waals surface area contributed by atoms with E-state index < -0.39 is 16.6 Å². The minimum atomic E-state index is -1.43. The van der Waals surface area contributed by atoms with Crippen molar-refractivity contribution in [1.82, 2.24) is 0 Å². The van der Waals surface area contributed by atoms with Gasteiger partial charge >= 0.3 is 0 Å². The Labute approximate surface area is 112 Å². The predicted octanol–water partition coefficient (Wildman–Crippen LogP) is 3.37. The lowest BCUT2D eigenvalue weighted by atomic mass is 10.2. The van der Waals surface area contributed by atoms with Crippen molar-refractivity contribution in [2.45, 2.75) is 10.6 Å². The largest absolute Gasteiger partial charge is 0.398 e. The zero-order chi connectivity index (χ0) is 13.1. The molecule has 0 heterocycles. The van der Waals surface area contributed by atoms with E-state index in [9.17, 15) is 8.60 Å². The molecule has 0 fully saturated rings. The maximum Gasteiger partial charge on any atom is 0.139 e. The van der Waals surface area contributed by atoms with Crippen LogP contribution < -0.4 is 5.73 Å². The minimum absolute atomic E-state index is 0.200. The predicted molar refractivity (Wildman–Crippen MR) is 72.4 cm³/mol. The van der Waals surface area contributed by atoms with Gasteiger partial charge in [0.25, 0.3) is 0 Å². The Kier molecular flexibility index (Phi) is 3.99. The molecule has 5 heteroatoms. The fourth-order valence-corrected chi connectivity index (χ4v) is 2.81. The van der Waals surface area contributed by atoms with Crippen LogP contribution in [0.1, 0.15) is 5.56 Å². The lowest BCUT2D eigenvalue weighted by molar-refractivity contribution is 0.595. The number of nitrogens with two attached hydrogens (primary N) is 1. The van der Waals surface area contributed by atoms with Crippen LogP contribution >= 0.6 is 11.6 Å². The highest BCUT2D eigenvalue weighted by Crippen LogP contribution is 2.22. The van der Waals surface area contributed by atoms with Crippen molar-refractivity contribution < 1.29 is 8.60 Å². The summed E-state index contributed by atoms with van der Waals surface area (Å²) in [6.45, 7) is 0. The first kappa shape index (κ1) is 13.1. The van der Waals surface area contributed by atoms with Gasteiger partial charge in [-0.2, -0.15) is 0 Å². The molecule has 2 aromatic rings. The van der Waals surface area contributed by atoms with Gasteiger partial charge in [0, 0.05) is 0 Å². The second-order valence-corrected chi connectivity index (χ2v) is 5.60. The summed E-state index contributed by atoms with van der Waals surface area (Å²) in [6.07, 6.45) is 0. The number of anilines is 1. The van der Waals surface area contributed by atoms with Gasteiger partial charge in [-0.3, -0.25) is 4.21 Å². The Balaban J connectivity index is 2.22. The Morgan fingerprint density at radius 3 is 2.61 bits per heavy atom. The molecular weight excluding hydrogens is 273 g/mol. The van der Waals surface area contributed by atoms with Crippen LogP contribution in [0.2, 0.25) is 5.02 Å². The van der Waals surface area contributed by atoms with Crippen molar-refractivity contribution in [2.24, 2.45) is 0 Å². The van der Waals surface area contributed by atoms with Gasteiger partial charge in [-0.05, 0) is 29.8 Å². The summed E-state index contributed by atoms with van der Waals surface area (Å²) < 4.78 is 25.5. The highest BCUT2D eigenvalue weighted by atomic mass is 35.5. The Bertz CT molecular complexity index is 603. The normalized spacial score (nSPS) is 12.3. The van der Waals surface area contributed by atoms with Gasteiger partial charge in [0.1, 0.15) is 5.82 Å². The topological polar surface area (TPSA) is 43.1 Å². The van der Waals surface area contributed by atoms with Gasteiger partial charge in [0.15, 0.2) is 0 Å². The van der Waals surface area contributed by atoms with Crippen LogP contribution in [0.3, 0.4) is 0 Å². The van der Waals surface area contributed by atoms with Crippen molar-refractivity contribution in [2.75, 3.05) is 5.73 Å². The van der Waals surface area contributed by atoms with Gasteiger partial charge in [-0.25, -0.2) is 4.39 Å². The molecule has 0 spiro atoms. The quantitative estimate of drug-likeness (QED) is 0.878.